The second-order valence-electron chi connectivity index (χ2n) is 4.91. The molecule has 0 unspecified atom stereocenters. The van der Waals surface area contributed by atoms with Crippen molar-refractivity contribution in [2.75, 3.05) is 5.88 Å². The molecule has 0 radical (unpaired) electrons. The summed E-state index contributed by atoms with van der Waals surface area (Å²) in [5, 5.41) is 2.83. The van der Waals surface area contributed by atoms with Crippen LogP contribution < -0.4 is 5.32 Å². The summed E-state index contributed by atoms with van der Waals surface area (Å²) in [5.74, 6) is 0.655. The minimum Gasteiger partial charge on any atom is -0.352 e. The van der Waals surface area contributed by atoms with E-state index in [0.29, 0.717) is 23.6 Å². The molecule has 0 aliphatic rings. The van der Waals surface area contributed by atoms with E-state index in [0.717, 1.165) is 5.52 Å². The maximum absolute atomic E-state index is 13.2. The first kappa shape index (κ1) is 14.8. The number of benzene rings is 1. The van der Waals surface area contributed by atoms with Crippen LogP contribution in [0, 0.1) is 5.82 Å². The number of rotatable bonds is 5. The van der Waals surface area contributed by atoms with Gasteiger partial charge in [-0.1, -0.05) is 0 Å². The summed E-state index contributed by atoms with van der Waals surface area (Å²) in [4.78, 5) is 16.3. The average Bonchev–Trinajstić information content (AvgIpc) is 2.66. The molecule has 20 heavy (non-hydrogen) atoms. The molecule has 1 amide bonds. The Morgan fingerprint density at radius 1 is 1.50 bits per heavy atom. The van der Waals surface area contributed by atoms with E-state index in [-0.39, 0.29) is 24.3 Å². The van der Waals surface area contributed by atoms with Crippen LogP contribution in [-0.4, -0.2) is 27.4 Å². The SMILES string of the molecule is CC(C)NC(=O)Cn1c(CCCl)nc2cc(F)ccc21. The zero-order chi connectivity index (χ0) is 14.7. The van der Waals surface area contributed by atoms with Crippen molar-refractivity contribution in [1.29, 1.82) is 0 Å². The molecule has 0 spiro atoms. The number of alkyl halides is 1. The lowest BCUT2D eigenvalue weighted by Crippen LogP contribution is -2.33. The van der Waals surface area contributed by atoms with Gasteiger partial charge in [-0.3, -0.25) is 4.79 Å². The number of fused-ring (bicyclic) bond motifs is 1. The molecule has 4 nitrogen and oxygen atoms in total. The third-order valence-corrected chi connectivity index (χ3v) is 3.05. The van der Waals surface area contributed by atoms with Gasteiger partial charge in [-0.15, -0.1) is 11.6 Å². The van der Waals surface area contributed by atoms with Crippen molar-refractivity contribution in [2.24, 2.45) is 0 Å². The summed E-state index contributed by atoms with van der Waals surface area (Å²) in [6.07, 6.45) is 0.535. The standard InChI is InChI=1S/C14H17ClFN3O/c1-9(2)17-14(20)8-19-12-4-3-10(16)7-11(12)18-13(19)5-6-15/h3-4,7,9H,5-6,8H2,1-2H3,(H,17,20). The van der Waals surface area contributed by atoms with Crippen molar-refractivity contribution >= 4 is 28.5 Å². The second-order valence-corrected chi connectivity index (χ2v) is 5.29. The lowest BCUT2D eigenvalue weighted by Gasteiger charge is -2.11. The van der Waals surface area contributed by atoms with E-state index in [1.54, 1.807) is 10.6 Å². The molecule has 108 valence electrons. The minimum absolute atomic E-state index is 0.0752. The number of carbonyl (C=O) groups excluding carboxylic acids is 1. The second kappa shape index (κ2) is 6.22. The van der Waals surface area contributed by atoms with E-state index >= 15 is 0 Å². The third-order valence-electron chi connectivity index (χ3n) is 2.86. The van der Waals surface area contributed by atoms with Crippen LogP contribution in [0.5, 0.6) is 0 Å². The molecule has 2 aromatic rings. The van der Waals surface area contributed by atoms with Gasteiger partial charge in [0.15, 0.2) is 0 Å². The van der Waals surface area contributed by atoms with Crippen molar-refractivity contribution in [2.45, 2.75) is 32.9 Å². The third kappa shape index (κ3) is 3.28. The molecule has 0 saturated carbocycles. The van der Waals surface area contributed by atoms with Crippen molar-refractivity contribution in [1.82, 2.24) is 14.9 Å². The zero-order valence-electron chi connectivity index (χ0n) is 11.5. The Morgan fingerprint density at radius 3 is 2.90 bits per heavy atom. The van der Waals surface area contributed by atoms with Gasteiger partial charge in [0, 0.05) is 24.4 Å². The lowest BCUT2D eigenvalue weighted by molar-refractivity contribution is -0.122. The fourth-order valence-electron chi connectivity index (χ4n) is 2.12. The van der Waals surface area contributed by atoms with Crippen LogP contribution in [0.4, 0.5) is 4.39 Å². The average molecular weight is 298 g/mol. The van der Waals surface area contributed by atoms with Crippen LogP contribution in [0.2, 0.25) is 0 Å². The fourth-order valence-corrected chi connectivity index (χ4v) is 2.28. The number of nitrogens with zero attached hydrogens (tertiary/aromatic N) is 2. The van der Waals surface area contributed by atoms with Crippen molar-refractivity contribution < 1.29 is 9.18 Å². The van der Waals surface area contributed by atoms with Crippen LogP contribution in [0.25, 0.3) is 11.0 Å². The molecular weight excluding hydrogens is 281 g/mol. The first-order valence-electron chi connectivity index (χ1n) is 6.51. The van der Waals surface area contributed by atoms with Crippen molar-refractivity contribution in [3.8, 4) is 0 Å². The largest absolute Gasteiger partial charge is 0.352 e. The summed E-state index contributed by atoms with van der Waals surface area (Å²) in [5.41, 5.74) is 1.29. The van der Waals surface area contributed by atoms with Gasteiger partial charge >= 0.3 is 0 Å². The first-order chi connectivity index (χ1) is 9.51. The number of imidazole rings is 1. The van der Waals surface area contributed by atoms with E-state index in [4.69, 9.17) is 11.6 Å². The molecule has 1 aromatic heterocycles. The first-order valence-corrected chi connectivity index (χ1v) is 7.04. The molecule has 0 saturated heterocycles. The van der Waals surface area contributed by atoms with Gasteiger partial charge in [-0.05, 0) is 26.0 Å². The van der Waals surface area contributed by atoms with E-state index in [1.165, 1.54) is 12.1 Å². The summed E-state index contributed by atoms with van der Waals surface area (Å²) in [6, 6.07) is 4.44. The molecule has 0 aliphatic carbocycles. The van der Waals surface area contributed by atoms with Gasteiger partial charge in [-0.2, -0.15) is 0 Å². The normalized spacial score (nSPS) is 11.2. The van der Waals surface area contributed by atoms with Crippen molar-refractivity contribution in [3.05, 3.63) is 29.8 Å². The molecule has 0 aliphatic heterocycles. The van der Waals surface area contributed by atoms with Crippen LogP contribution in [-0.2, 0) is 17.8 Å². The highest BCUT2D eigenvalue weighted by Gasteiger charge is 2.14. The van der Waals surface area contributed by atoms with Gasteiger partial charge in [0.1, 0.15) is 18.2 Å². The molecule has 0 bridgehead atoms. The molecule has 6 heteroatoms. The number of aromatic nitrogens is 2. The number of amides is 1. The summed E-state index contributed by atoms with van der Waals surface area (Å²) >= 11 is 5.76. The monoisotopic (exact) mass is 297 g/mol. The maximum atomic E-state index is 13.2. The number of hydrogen-bond donors (Lipinski definition) is 1. The summed E-state index contributed by atoms with van der Waals surface area (Å²) < 4.78 is 15.0. The fraction of sp³-hybridized carbons (Fsp3) is 0.429. The Hall–Kier alpha value is -1.62. The Balaban J connectivity index is 2.38. The lowest BCUT2D eigenvalue weighted by atomic mass is 10.3. The van der Waals surface area contributed by atoms with Crippen LogP contribution in [0.1, 0.15) is 19.7 Å². The van der Waals surface area contributed by atoms with E-state index < -0.39 is 0 Å². The predicted octanol–water partition coefficient (Wildman–Crippen LogP) is 2.48. The molecule has 2 rings (SSSR count). The van der Waals surface area contributed by atoms with Crippen LogP contribution in [0.3, 0.4) is 0 Å². The molecule has 1 aromatic carbocycles. The Bertz CT molecular complexity index is 624. The highest BCUT2D eigenvalue weighted by Crippen LogP contribution is 2.18. The van der Waals surface area contributed by atoms with Gasteiger partial charge in [0.2, 0.25) is 5.91 Å². The molecule has 0 atom stereocenters. The van der Waals surface area contributed by atoms with E-state index in [2.05, 4.69) is 10.3 Å². The Morgan fingerprint density at radius 2 is 2.25 bits per heavy atom. The Labute approximate surface area is 121 Å². The van der Waals surface area contributed by atoms with Crippen molar-refractivity contribution in [3.63, 3.8) is 0 Å². The van der Waals surface area contributed by atoms with E-state index in [1.807, 2.05) is 13.8 Å². The predicted molar refractivity (Wildman–Crippen MR) is 77.4 cm³/mol. The van der Waals surface area contributed by atoms with Gasteiger partial charge in [0.05, 0.1) is 11.0 Å². The van der Waals surface area contributed by atoms with Gasteiger partial charge in [-0.25, -0.2) is 9.37 Å². The summed E-state index contributed by atoms with van der Waals surface area (Å²) in [7, 11) is 0. The number of hydrogen-bond acceptors (Lipinski definition) is 2. The summed E-state index contributed by atoms with van der Waals surface area (Å²) in [6.45, 7) is 3.96. The number of halogens is 2. The number of nitrogens with one attached hydrogen (secondary N) is 1. The maximum Gasteiger partial charge on any atom is 0.240 e. The molecule has 0 fully saturated rings. The minimum atomic E-state index is -0.341. The van der Waals surface area contributed by atoms with Gasteiger partial charge < -0.3 is 9.88 Å². The number of aryl methyl sites for hydroxylation is 1. The van der Waals surface area contributed by atoms with Gasteiger partial charge in [0.25, 0.3) is 0 Å². The quantitative estimate of drug-likeness (QED) is 0.862. The topological polar surface area (TPSA) is 46.9 Å². The zero-order valence-corrected chi connectivity index (χ0v) is 12.2. The van der Waals surface area contributed by atoms with Crippen LogP contribution in [0.15, 0.2) is 18.2 Å². The molecule has 1 N–H and O–H groups in total. The van der Waals surface area contributed by atoms with E-state index in [9.17, 15) is 9.18 Å². The smallest absolute Gasteiger partial charge is 0.240 e. The highest BCUT2D eigenvalue weighted by atomic mass is 35.5. The highest BCUT2D eigenvalue weighted by molar-refractivity contribution is 6.17. The van der Waals surface area contributed by atoms with Crippen LogP contribution >= 0.6 is 11.6 Å². The molecular formula is C14H17ClFN3O. The number of carbonyl (C=O) groups is 1. The Kier molecular flexibility index (Phi) is 4.60. The molecule has 1 heterocycles.